The zero-order valence-corrected chi connectivity index (χ0v) is 13.3. The van der Waals surface area contributed by atoms with E-state index in [-0.39, 0.29) is 11.7 Å². The van der Waals surface area contributed by atoms with Crippen molar-refractivity contribution in [1.82, 2.24) is 10.2 Å². The molecule has 22 heavy (non-hydrogen) atoms. The predicted octanol–water partition coefficient (Wildman–Crippen LogP) is 3.69. The molecule has 0 unspecified atom stereocenters. The Morgan fingerprint density at radius 1 is 1.36 bits per heavy atom. The summed E-state index contributed by atoms with van der Waals surface area (Å²) in [6.45, 7) is 2.07. The maximum absolute atomic E-state index is 14.1. The van der Waals surface area contributed by atoms with Crippen molar-refractivity contribution >= 4 is 22.4 Å². The molecule has 1 fully saturated rings. The van der Waals surface area contributed by atoms with E-state index in [2.05, 4.69) is 22.4 Å². The van der Waals surface area contributed by atoms with Gasteiger partial charge < -0.3 is 0 Å². The Kier molecular flexibility index (Phi) is 4.20. The zero-order chi connectivity index (χ0) is 15.6. The molecule has 116 valence electrons. The van der Waals surface area contributed by atoms with Crippen LogP contribution in [0, 0.1) is 5.82 Å². The van der Waals surface area contributed by atoms with Crippen LogP contribution in [-0.4, -0.2) is 16.1 Å². The van der Waals surface area contributed by atoms with Gasteiger partial charge in [0.05, 0.1) is 5.41 Å². The van der Waals surface area contributed by atoms with Gasteiger partial charge in [-0.1, -0.05) is 42.9 Å². The van der Waals surface area contributed by atoms with Crippen molar-refractivity contribution in [2.75, 3.05) is 5.32 Å². The maximum atomic E-state index is 14.1. The van der Waals surface area contributed by atoms with E-state index in [0.29, 0.717) is 23.5 Å². The minimum Gasteiger partial charge on any atom is -0.300 e. The number of carbonyl (C=O) groups excluding carboxylic acids is 1. The fourth-order valence-electron chi connectivity index (χ4n) is 2.83. The van der Waals surface area contributed by atoms with Crippen LogP contribution in [0.15, 0.2) is 24.3 Å². The van der Waals surface area contributed by atoms with Crippen molar-refractivity contribution in [2.45, 2.75) is 44.4 Å². The van der Waals surface area contributed by atoms with Crippen molar-refractivity contribution in [3.05, 3.63) is 40.7 Å². The Labute approximate surface area is 132 Å². The number of aryl methyl sites for hydroxylation is 1. The molecule has 2 aromatic rings. The molecule has 0 saturated heterocycles. The van der Waals surface area contributed by atoms with Crippen LogP contribution in [0.5, 0.6) is 0 Å². The summed E-state index contributed by atoms with van der Waals surface area (Å²) >= 11 is 1.39. The topological polar surface area (TPSA) is 54.9 Å². The molecule has 1 aromatic heterocycles. The fraction of sp³-hybridized carbons (Fsp3) is 0.438. The van der Waals surface area contributed by atoms with Crippen LogP contribution >= 0.6 is 11.3 Å². The highest BCUT2D eigenvalue weighted by molar-refractivity contribution is 7.15. The molecular weight excluding hydrogens is 301 g/mol. The number of carbonyl (C=O) groups is 1. The summed E-state index contributed by atoms with van der Waals surface area (Å²) in [7, 11) is 0. The van der Waals surface area contributed by atoms with E-state index in [1.54, 1.807) is 18.2 Å². The molecule has 1 saturated carbocycles. The van der Waals surface area contributed by atoms with Crippen LogP contribution in [0.2, 0.25) is 0 Å². The van der Waals surface area contributed by atoms with E-state index in [0.717, 1.165) is 24.3 Å². The first kappa shape index (κ1) is 15.1. The van der Waals surface area contributed by atoms with Crippen LogP contribution < -0.4 is 5.32 Å². The number of nitrogens with one attached hydrogen (secondary N) is 1. The Balaban J connectivity index is 1.81. The number of anilines is 1. The third-order valence-electron chi connectivity index (χ3n) is 4.18. The summed E-state index contributed by atoms with van der Waals surface area (Å²) in [5, 5.41) is 12.3. The second kappa shape index (κ2) is 6.12. The van der Waals surface area contributed by atoms with Gasteiger partial charge in [0.2, 0.25) is 11.0 Å². The normalized spacial score (nSPS) is 16.1. The molecule has 0 bridgehead atoms. The van der Waals surface area contributed by atoms with E-state index in [1.165, 1.54) is 17.4 Å². The summed E-state index contributed by atoms with van der Waals surface area (Å²) in [5.74, 6) is -0.496. The molecule has 0 radical (unpaired) electrons. The first-order valence-electron chi connectivity index (χ1n) is 7.54. The minimum atomic E-state index is -0.762. The summed E-state index contributed by atoms with van der Waals surface area (Å²) in [4.78, 5) is 12.7. The van der Waals surface area contributed by atoms with Crippen LogP contribution in [0.3, 0.4) is 0 Å². The number of hydrogen-bond acceptors (Lipinski definition) is 4. The average molecular weight is 319 g/mol. The lowest BCUT2D eigenvalue weighted by molar-refractivity contribution is -0.124. The number of aromatic nitrogens is 2. The molecule has 1 aliphatic carbocycles. The number of halogens is 1. The maximum Gasteiger partial charge on any atom is 0.236 e. The quantitative estimate of drug-likeness (QED) is 0.914. The number of hydrogen-bond donors (Lipinski definition) is 1. The molecule has 1 aromatic carbocycles. The molecule has 0 aliphatic heterocycles. The lowest BCUT2D eigenvalue weighted by atomic mass is 9.63. The standard InChI is InChI=1S/C16H18FN3OS/c1-2-6-13-19-20-15(22-13)18-14(21)16(9-5-10-16)11-7-3-4-8-12(11)17/h3-4,7-8H,2,5-6,9-10H2,1H3,(H,18,20,21). The number of amides is 1. The van der Waals surface area contributed by atoms with Gasteiger partial charge >= 0.3 is 0 Å². The van der Waals surface area contributed by atoms with Gasteiger partial charge in [0.25, 0.3) is 0 Å². The molecular formula is C16H18FN3OS. The van der Waals surface area contributed by atoms with Crippen LogP contribution in [0.1, 0.15) is 43.2 Å². The monoisotopic (exact) mass is 319 g/mol. The second-order valence-electron chi connectivity index (χ2n) is 5.62. The van der Waals surface area contributed by atoms with E-state index in [9.17, 15) is 9.18 Å². The van der Waals surface area contributed by atoms with Gasteiger partial charge in [-0.25, -0.2) is 4.39 Å². The predicted molar refractivity (Wildman–Crippen MR) is 84.5 cm³/mol. The summed E-state index contributed by atoms with van der Waals surface area (Å²) in [6, 6.07) is 6.53. The zero-order valence-electron chi connectivity index (χ0n) is 12.4. The summed E-state index contributed by atoms with van der Waals surface area (Å²) in [5.41, 5.74) is -0.279. The minimum absolute atomic E-state index is 0.178. The summed E-state index contributed by atoms with van der Waals surface area (Å²) < 4.78 is 14.1. The average Bonchev–Trinajstić information content (AvgIpc) is 2.87. The Hall–Kier alpha value is -1.82. The van der Waals surface area contributed by atoms with Gasteiger partial charge in [0, 0.05) is 12.0 Å². The molecule has 0 spiro atoms. The summed E-state index contributed by atoms with van der Waals surface area (Å²) in [6.07, 6.45) is 4.10. The second-order valence-corrected chi connectivity index (χ2v) is 6.68. The van der Waals surface area contributed by atoms with Crippen molar-refractivity contribution in [2.24, 2.45) is 0 Å². The Bertz CT molecular complexity index is 682. The van der Waals surface area contributed by atoms with Gasteiger partial charge in [-0.15, -0.1) is 10.2 Å². The molecule has 3 rings (SSSR count). The SMILES string of the molecule is CCCc1nnc(NC(=O)C2(c3ccccc3F)CCC2)s1. The number of rotatable bonds is 5. The van der Waals surface area contributed by atoms with E-state index in [1.807, 2.05) is 0 Å². The molecule has 0 atom stereocenters. The van der Waals surface area contributed by atoms with E-state index < -0.39 is 5.41 Å². The first-order chi connectivity index (χ1) is 10.7. The number of benzene rings is 1. The van der Waals surface area contributed by atoms with Crippen molar-refractivity contribution in [3.8, 4) is 0 Å². The largest absolute Gasteiger partial charge is 0.300 e. The third-order valence-corrected chi connectivity index (χ3v) is 5.08. The molecule has 1 amide bonds. The van der Waals surface area contributed by atoms with E-state index >= 15 is 0 Å². The van der Waals surface area contributed by atoms with Crippen LogP contribution in [0.4, 0.5) is 9.52 Å². The number of nitrogens with zero attached hydrogens (tertiary/aromatic N) is 2. The molecule has 1 heterocycles. The molecule has 1 aliphatic rings. The van der Waals surface area contributed by atoms with Crippen LogP contribution in [0.25, 0.3) is 0 Å². The van der Waals surface area contributed by atoms with Crippen molar-refractivity contribution in [1.29, 1.82) is 0 Å². The molecule has 6 heteroatoms. The highest BCUT2D eigenvalue weighted by Gasteiger charge is 2.47. The molecule has 1 N–H and O–H groups in total. The third kappa shape index (κ3) is 2.63. The Morgan fingerprint density at radius 2 is 2.14 bits per heavy atom. The van der Waals surface area contributed by atoms with Gasteiger partial charge in [-0.3, -0.25) is 10.1 Å². The van der Waals surface area contributed by atoms with Crippen molar-refractivity contribution in [3.63, 3.8) is 0 Å². The van der Waals surface area contributed by atoms with E-state index in [4.69, 9.17) is 0 Å². The highest BCUT2D eigenvalue weighted by Crippen LogP contribution is 2.45. The fourth-order valence-corrected chi connectivity index (χ4v) is 3.67. The van der Waals surface area contributed by atoms with Crippen molar-refractivity contribution < 1.29 is 9.18 Å². The van der Waals surface area contributed by atoms with Crippen LogP contribution in [-0.2, 0) is 16.6 Å². The lowest BCUT2D eigenvalue weighted by Gasteiger charge is -2.40. The smallest absolute Gasteiger partial charge is 0.236 e. The van der Waals surface area contributed by atoms with Gasteiger partial charge in [0.15, 0.2) is 0 Å². The van der Waals surface area contributed by atoms with Gasteiger partial charge in [-0.05, 0) is 25.3 Å². The first-order valence-corrected chi connectivity index (χ1v) is 8.36. The molecule has 4 nitrogen and oxygen atoms in total. The highest BCUT2D eigenvalue weighted by atomic mass is 32.1. The Morgan fingerprint density at radius 3 is 2.77 bits per heavy atom. The lowest BCUT2D eigenvalue weighted by Crippen LogP contribution is -2.46. The van der Waals surface area contributed by atoms with Gasteiger partial charge in [-0.2, -0.15) is 0 Å². The van der Waals surface area contributed by atoms with Gasteiger partial charge in [0.1, 0.15) is 10.8 Å².